The van der Waals surface area contributed by atoms with E-state index >= 15 is 0 Å². The van der Waals surface area contributed by atoms with Crippen molar-refractivity contribution in [1.29, 1.82) is 0 Å². The maximum absolute atomic E-state index is 12.8. The van der Waals surface area contributed by atoms with Gasteiger partial charge in [0.1, 0.15) is 12.6 Å². The Morgan fingerprint density at radius 1 is 1.03 bits per heavy atom. The summed E-state index contributed by atoms with van der Waals surface area (Å²) in [5, 5.41) is 12.4. The summed E-state index contributed by atoms with van der Waals surface area (Å²) in [5.41, 5.74) is 4.67. The van der Waals surface area contributed by atoms with Gasteiger partial charge < -0.3 is 20.1 Å². The second-order valence-corrected chi connectivity index (χ2v) is 9.40. The lowest BCUT2D eigenvalue weighted by Gasteiger charge is -2.27. The predicted molar refractivity (Wildman–Crippen MR) is 133 cm³/mol. The minimum atomic E-state index is -0.941. The van der Waals surface area contributed by atoms with E-state index in [9.17, 15) is 19.5 Å². The van der Waals surface area contributed by atoms with Gasteiger partial charge in [-0.15, -0.1) is 0 Å². The average molecular weight is 479 g/mol. The molecule has 7 heteroatoms. The zero-order chi connectivity index (χ0) is 24.8. The summed E-state index contributed by atoms with van der Waals surface area (Å²) < 4.78 is 5.64. The highest BCUT2D eigenvalue weighted by molar-refractivity contribution is 5.84. The number of carbonyl (C=O) groups is 3. The van der Waals surface area contributed by atoms with Gasteiger partial charge in [0.25, 0.3) is 0 Å². The number of aliphatic carboxylic acids is 1. The van der Waals surface area contributed by atoms with Gasteiger partial charge in [-0.3, -0.25) is 4.79 Å². The van der Waals surface area contributed by atoms with E-state index in [4.69, 9.17) is 4.74 Å². The molecule has 4 rings (SSSR count). The summed E-state index contributed by atoms with van der Waals surface area (Å²) >= 11 is 0. The fourth-order valence-corrected chi connectivity index (χ4v) is 5.29. The van der Waals surface area contributed by atoms with Crippen LogP contribution in [-0.2, 0) is 14.3 Å². The Morgan fingerprint density at radius 3 is 2.31 bits per heavy atom. The summed E-state index contributed by atoms with van der Waals surface area (Å²) in [6.45, 7) is 2.67. The van der Waals surface area contributed by atoms with Crippen LogP contribution in [0.15, 0.2) is 48.5 Å². The maximum Gasteiger partial charge on any atom is 0.407 e. The maximum atomic E-state index is 12.8. The molecule has 1 aliphatic carbocycles. The Labute approximate surface area is 206 Å². The third-order valence-electron chi connectivity index (χ3n) is 7.22. The summed E-state index contributed by atoms with van der Waals surface area (Å²) in [6, 6.07) is 15.4. The molecule has 7 nitrogen and oxygen atoms in total. The van der Waals surface area contributed by atoms with Crippen LogP contribution in [0.25, 0.3) is 11.1 Å². The number of benzene rings is 2. The normalized spacial score (nSPS) is 18.2. The van der Waals surface area contributed by atoms with Crippen LogP contribution in [0.1, 0.15) is 68.9 Å². The molecule has 2 aliphatic rings. The van der Waals surface area contributed by atoms with Gasteiger partial charge in [-0.2, -0.15) is 0 Å². The number of ether oxygens (including phenoxy) is 1. The van der Waals surface area contributed by atoms with E-state index in [1.165, 1.54) is 16.0 Å². The average Bonchev–Trinajstić information content (AvgIpc) is 3.00. The SMILES string of the molecule is CCC(CCC(=O)N1CCCCCC1C(=O)O)NC(=O)OCC1c2ccccc2-c2ccccc21. The Morgan fingerprint density at radius 2 is 1.69 bits per heavy atom. The molecule has 1 aliphatic heterocycles. The lowest BCUT2D eigenvalue weighted by Crippen LogP contribution is -2.45. The van der Waals surface area contributed by atoms with E-state index in [-0.39, 0.29) is 30.9 Å². The molecule has 0 aromatic heterocycles. The van der Waals surface area contributed by atoms with Crippen LogP contribution in [0.5, 0.6) is 0 Å². The van der Waals surface area contributed by atoms with Crippen LogP contribution in [-0.4, -0.2) is 53.2 Å². The van der Waals surface area contributed by atoms with Crippen molar-refractivity contribution in [3.8, 4) is 11.1 Å². The number of nitrogens with one attached hydrogen (secondary N) is 1. The first-order chi connectivity index (χ1) is 17.0. The van der Waals surface area contributed by atoms with Crippen LogP contribution in [0, 0.1) is 0 Å². The third-order valence-corrected chi connectivity index (χ3v) is 7.22. The number of alkyl carbamates (subject to hydrolysis) is 1. The zero-order valence-electron chi connectivity index (χ0n) is 20.2. The van der Waals surface area contributed by atoms with Gasteiger partial charge in [-0.05, 0) is 47.9 Å². The topological polar surface area (TPSA) is 95.9 Å². The van der Waals surface area contributed by atoms with Crippen LogP contribution >= 0.6 is 0 Å². The molecule has 2 unspecified atom stereocenters. The molecular formula is C28H34N2O5. The van der Waals surface area contributed by atoms with Crippen molar-refractivity contribution in [2.45, 2.75) is 69.9 Å². The number of likely N-dealkylation sites (tertiary alicyclic amines) is 1. The Hall–Kier alpha value is -3.35. The largest absolute Gasteiger partial charge is 0.480 e. The standard InChI is InChI=1S/C28H34N2O5/c1-2-19(15-16-26(31)30-17-9-3-4-14-25(30)27(32)33)29-28(34)35-18-24-22-12-7-5-10-20(22)21-11-6-8-13-23(21)24/h5-8,10-13,19,24-25H,2-4,9,14-18H2,1H3,(H,29,34)(H,32,33). The third kappa shape index (κ3) is 5.66. The second-order valence-electron chi connectivity index (χ2n) is 9.40. The smallest absolute Gasteiger partial charge is 0.407 e. The fraction of sp³-hybridized carbons (Fsp3) is 0.464. The number of nitrogens with zero attached hydrogens (tertiary/aromatic N) is 1. The molecule has 1 fully saturated rings. The second kappa shape index (κ2) is 11.4. The molecule has 35 heavy (non-hydrogen) atoms. The van der Waals surface area contributed by atoms with E-state index in [1.54, 1.807) is 0 Å². The first kappa shape index (κ1) is 24.8. The van der Waals surface area contributed by atoms with Crippen LogP contribution in [0.2, 0.25) is 0 Å². The minimum absolute atomic E-state index is 0.00853. The minimum Gasteiger partial charge on any atom is -0.480 e. The van der Waals surface area contributed by atoms with Crippen molar-refractivity contribution in [2.75, 3.05) is 13.2 Å². The number of hydrogen-bond acceptors (Lipinski definition) is 4. The van der Waals surface area contributed by atoms with E-state index in [2.05, 4.69) is 29.6 Å². The van der Waals surface area contributed by atoms with E-state index in [0.717, 1.165) is 30.4 Å². The van der Waals surface area contributed by atoms with Gasteiger partial charge >= 0.3 is 12.1 Å². The van der Waals surface area contributed by atoms with Crippen molar-refractivity contribution in [3.05, 3.63) is 59.7 Å². The molecule has 0 saturated carbocycles. The molecule has 1 heterocycles. The number of amides is 2. The van der Waals surface area contributed by atoms with E-state index in [1.807, 2.05) is 31.2 Å². The number of fused-ring (bicyclic) bond motifs is 3. The highest BCUT2D eigenvalue weighted by Gasteiger charge is 2.31. The van der Waals surface area contributed by atoms with E-state index < -0.39 is 18.1 Å². The van der Waals surface area contributed by atoms with Gasteiger partial charge in [0.05, 0.1) is 0 Å². The monoisotopic (exact) mass is 478 g/mol. The highest BCUT2D eigenvalue weighted by atomic mass is 16.5. The quantitative estimate of drug-likeness (QED) is 0.560. The summed E-state index contributed by atoms with van der Waals surface area (Å²) in [7, 11) is 0. The van der Waals surface area contributed by atoms with Gasteiger partial charge in [0, 0.05) is 24.9 Å². The number of carboxylic acids is 1. The molecule has 2 atom stereocenters. The van der Waals surface area contributed by atoms with Gasteiger partial charge in [0.2, 0.25) is 5.91 Å². The predicted octanol–water partition coefficient (Wildman–Crippen LogP) is 4.94. The molecule has 0 bridgehead atoms. The van der Waals surface area contributed by atoms with Gasteiger partial charge in [-0.1, -0.05) is 68.3 Å². The van der Waals surface area contributed by atoms with Crippen LogP contribution in [0.3, 0.4) is 0 Å². The number of carbonyl (C=O) groups excluding carboxylic acids is 2. The molecule has 2 N–H and O–H groups in total. The first-order valence-corrected chi connectivity index (χ1v) is 12.6. The lowest BCUT2D eigenvalue weighted by atomic mass is 9.98. The molecule has 2 aromatic carbocycles. The van der Waals surface area contributed by atoms with Gasteiger partial charge in [0.15, 0.2) is 0 Å². The lowest BCUT2D eigenvalue weighted by molar-refractivity contribution is -0.150. The molecule has 1 saturated heterocycles. The van der Waals surface area contributed by atoms with Crippen molar-refractivity contribution in [2.24, 2.45) is 0 Å². The number of carboxylic acid groups (broad SMARTS) is 1. The van der Waals surface area contributed by atoms with Crippen LogP contribution in [0.4, 0.5) is 4.79 Å². The Kier molecular flexibility index (Phi) is 8.06. The van der Waals surface area contributed by atoms with Gasteiger partial charge in [-0.25, -0.2) is 9.59 Å². The van der Waals surface area contributed by atoms with Crippen molar-refractivity contribution < 1.29 is 24.2 Å². The molecular weight excluding hydrogens is 444 g/mol. The first-order valence-electron chi connectivity index (χ1n) is 12.6. The molecule has 2 amide bonds. The van der Waals surface area contributed by atoms with Crippen molar-refractivity contribution in [1.82, 2.24) is 10.2 Å². The summed E-state index contributed by atoms with van der Waals surface area (Å²) in [5.74, 6) is -1.11. The molecule has 2 aromatic rings. The van der Waals surface area contributed by atoms with Crippen molar-refractivity contribution in [3.63, 3.8) is 0 Å². The fourth-order valence-electron chi connectivity index (χ4n) is 5.29. The summed E-state index contributed by atoms with van der Waals surface area (Å²) in [4.78, 5) is 38.6. The van der Waals surface area contributed by atoms with Crippen molar-refractivity contribution >= 4 is 18.0 Å². The molecule has 186 valence electrons. The molecule has 0 radical (unpaired) electrons. The Balaban J connectivity index is 1.31. The van der Waals surface area contributed by atoms with Crippen LogP contribution < -0.4 is 5.32 Å². The number of rotatable bonds is 8. The molecule has 0 spiro atoms. The summed E-state index contributed by atoms with van der Waals surface area (Å²) in [6.07, 6.45) is 3.88. The van der Waals surface area contributed by atoms with E-state index in [0.29, 0.717) is 25.8 Å². The highest BCUT2D eigenvalue weighted by Crippen LogP contribution is 2.44. The Bertz CT molecular complexity index is 1020. The number of hydrogen-bond donors (Lipinski definition) is 2. The zero-order valence-corrected chi connectivity index (χ0v) is 20.2.